The Balaban J connectivity index is -0.000000209. The van der Waals surface area contributed by atoms with Crippen molar-refractivity contribution in [2.75, 3.05) is 5.32 Å². The summed E-state index contributed by atoms with van der Waals surface area (Å²) in [5.74, 6) is 0.606. The van der Waals surface area contributed by atoms with E-state index >= 15 is 0 Å². The van der Waals surface area contributed by atoms with Crippen molar-refractivity contribution in [2.24, 2.45) is 5.41 Å². The lowest BCUT2D eigenvalue weighted by Crippen LogP contribution is -2.04. The number of ketones is 1. The lowest BCUT2D eigenvalue weighted by molar-refractivity contribution is -0.117. The molecule has 0 saturated heterocycles. The van der Waals surface area contributed by atoms with Gasteiger partial charge < -0.3 is 10.1 Å². The van der Waals surface area contributed by atoms with Gasteiger partial charge in [0.15, 0.2) is 0 Å². The van der Waals surface area contributed by atoms with Crippen molar-refractivity contribution >= 4 is 28.7 Å². The molecule has 0 aliphatic carbocycles. The molecule has 1 N–H and O–H groups in total. The SMILES string of the molecule is CC.CC.CC.CC(=O)C[C@@H](C)c1ccccc1C.CC(=S)Nc1ccc(C)cc1C.CCC(C)(C)C. The maximum absolute atomic E-state index is 10.9. The van der Waals surface area contributed by atoms with Gasteiger partial charge in [-0.3, -0.25) is 0 Å². The minimum Gasteiger partial charge on any atom is -0.350 e. The maximum Gasteiger partial charge on any atom is 0.130 e. The summed E-state index contributed by atoms with van der Waals surface area (Å²) in [6, 6.07) is 14.5. The molecule has 0 saturated carbocycles. The summed E-state index contributed by atoms with van der Waals surface area (Å²) in [6.07, 6.45) is 1.91. The third-order valence-corrected chi connectivity index (χ3v) is 5.17. The first-order chi connectivity index (χ1) is 17.3. The van der Waals surface area contributed by atoms with Gasteiger partial charge >= 0.3 is 0 Å². The molecule has 0 bridgehead atoms. The Morgan fingerprint density at radius 3 is 1.68 bits per heavy atom. The largest absolute Gasteiger partial charge is 0.350 e. The van der Waals surface area contributed by atoms with Crippen molar-refractivity contribution < 1.29 is 4.79 Å². The quantitative estimate of drug-likeness (QED) is 0.398. The number of benzene rings is 2. The molecule has 0 spiro atoms. The van der Waals surface area contributed by atoms with Crippen LogP contribution in [0.3, 0.4) is 0 Å². The van der Waals surface area contributed by atoms with Crippen molar-refractivity contribution in [1.29, 1.82) is 0 Å². The van der Waals surface area contributed by atoms with Gasteiger partial charge in [0, 0.05) is 12.1 Å². The average molecular weight is 532 g/mol. The molecule has 2 rings (SSSR count). The summed E-state index contributed by atoms with van der Waals surface area (Å²) >= 11 is 4.96. The number of nitrogens with one attached hydrogen (secondary N) is 1. The highest BCUT2D eigenvalue weighted by molar-refractivity contribution is 7.80. The summed E-state index contributed by atoms with van der Waals surface area (Å²) in [7, 11) is 0. The number of hydrogen-bond donors (Lipinski definition) is 1. The topological polar surface area (TPSA) is 29.1 Å². The van der Waals surface area contributed by atoms with Crippen LogP contribution in [0.25, 0.3) is 0 Å². The van der Waals surface area contributed by atoms with Crippen LogP contribution in [-0.2, 0) is 4.79 Å². The standard InChI is InChI=1S/C12H16O.C10H13NS.C6H14.3C2H6/c1-9-6-4-5-7-12(9)10(2)8-11(3)13;1-7-4-5-10(8(2)6-7)11-9(3)12;1-5-6(2,3)4;3*1-2/h4-7,10H,8H2,1-3H3;4-6H,1-3H3,(H,11,12);5H2,1-4H3;3*1-2H3/t10-;;;;;/m1...../s1. The second kappa shape index (κ2) is 25.6. The van der Waals surface area contributed by atoms with Crippen LogP contribution in [0.1, 0.15) is 131 Å². The van der Waals surface area contributed by atoms with E-state index in [1.807, 2.05) is 60.6 Å². The summed E-state index contributed by atoms with van der Waals surface area (Å²) in [5, 5.41) is 3.13. The number of aryl methyl sites for hydroxylation is 3. The van der Waals surface area contributed by atoms with E-state index in [1.165, 1.54) is 28.7 Å². The Labute approximate surface area is 238 Å². The molecule has 3 heteroatoms. The molecule has 0 fully saturated rings. The first-order valence-electron chi connectivity index (χ1n) is 14.2. The molecule has 0 heterocycles. The average Bonchev–Trinajstić information content (AvgIpc) is 2.85. The number of anilines is 1. The van der Waals surface area contributed by atoms with Gasteiger partial charge in [-0.05, 0) is 68.7 Å². The highest BCUT2D eigenvalue weighted by atomic mass is 32.1. The Bertz CT molecular complexity index is 834. The van der Waals surface area contributed by atoms with E-state index in [1.54, 1.807) is 6.92 Å². The van der Waals surface area contributed by atoms with E-state index in [-0.39, 0.29) is 5.78 Å². The van der Waals surface area contributed by atoms with Crippen LogP contribution in [0, 0.1) is 26.2 Å². The van der Waals surface area contributed by atoms with E-state index in [0.717, 1.165) is 10.7 Å². The van der Waals surface area contributed by atoms with E-state index in [4.69, 9.17) is 12.2 Å². The minimum absolute atomic E-state index is 0.260. The smallest absolute Gasteiger partial charge is 0.130 e. The molecule has 2 nitrogen and oxygen atoms in total. The molecule has 0 unspecified atom stereocenters. The molecule has 2 aromatic carbocycles. The zero-order valence-electron chi connectivity index (χ0n) is 27.3. The van der Waals surface area contributed by atoms with Crippen LogP contribution in [0.4, 0.5) is 5.69 Å². The molecule has 0 radical (unpaired) electrons. The normalized spacial score (nSPS) is 9.95. The zero-order valence-corrected chi connectivity index (χ0v) is 28.2. The Morgan fingerprint density at radius 1 is 0.865 bits per heavy atom. The number of rotatable bonds is 4. The van der Waals surface area contributed by atoms with Gasteiger partial charge in [0.2, 0.25) is 0 Å². The maximum atomic E-state index is 10.9. The van der Waals surface area contributed by atoms with E-state index < -0.39 is 0 Å². The Morgan fingerprint density at radius 2 is 1.32 bits per heavy atom. The summed E-state index contributed by atoms with van der Waals surface area (Å²) in [6.45, 7) is 32.8. The first-order valence-corrected chi connectivity index (χ1v) is 14.6. The lowest BCUT2D eigenvalue weighted by Gasteiger charge is -2.12. The predicted molar refractivity (Wildman–Crippen MR) is 176 cm³/mol. The molecule has 1 atom stereocenters. The fourth-order valence-electron chi connectivity index (χ4n) is 2.82. The number of hydrogen-bond acceptors (Lipinski definition) is 2. The van der Waals surface area contributed by atoms with Gasteiger partial charge in [-0.15, -0.1) is 0 Å². The molecule has 0 aliphatic rings. The molecular formula is C34H61NOS. The highest BCUT2D eigenvalue weighted by Crippen LogP contribution is 2.22. The zero-order chi connectivity index (χ0) is 30.2. The van der Waals surface area contributed by atoms with Crippen molar-refractivity contribution in [3.8, 4) is 0 Å². The van der Waals surface area contributed by atoms with Crippen molar-refractivity contribution in [3.05, 3.63) is 64.7 Å². The van der Waals surface area contributed by atoms with E-state index in [0.29, 0.717) is 17.8 Å². The molecule has 37 heavy (non-hydrogen) atoms. The first kappa shape index (κ1) is 42.1. The van der Waals surface area contributed by atoms with Crippen LogP contribution >= 0.6 is 12.2 Å². The van der Waals surface area contributed by atoms with Gasteiger partial charge in [0.05, 0.1) is 4.99 Å². The lowest BCUT2D eigenvalue weighted by atomic mass is 9.93. The molecule has 2 aromatic rings. The third-order valence-electron chi connectivity index (χ3n) is 5.07. The molecule has 0 aromatic heterocycles. The Hall–Kier alpha value is -2.00. The third kappa shape index (κ3) is 25.4. The number of Topliss-reactive ketones (excluding diaryl/α,β-unsaturated/α-hetero) is 1. The summed E-state index contributed by atoms with van der Waals surface area (Å²) < 4.78 is 0. The molecule has 0 amide bonds. The van der Waals surface area contributed by atoms with Crippen LogP contribution < -0.4 is 5.32 Å². The highest BCUT2D eigenvalue weighted by Gasteiger charge is 2.09. The van der Waals surface area contributed by atoms with Gasteiger partial charge in [0.25, 0.3) is 0 Å². The molecule has 0 aliphatic heterocycles. The van der Waals surface area contributed by atoms with Crippen LogP contribution in [0.5, 0.6) is 0 Å². The van der Waals surface area contributed by atoms with Gasteiger partial charge in [-0.25, -0.2) is 0 Å². The fourth-order valence-corrected chi connectivity index (χ4v) is 2.93. The van der Waals surface area contributed by atoms with Crippen LogP contribution in [-0.4, -0.2) is 10.8 Å². The second-order valence-corrected chi connectivity index (χ2v) is 10.2. The minimum atomic E-state index is 0.260. The number of thiocarbonyl (C=S) groups is 1. The van der Waals surface area contributed by atoms with Crippen molar-refractivity contribution in [1.82, 2.24) is 0 Å². The summed E-state index contributed by atoms with van der Waals surface area (Å²) in [4.78, 5) is 11.7. The summed E-state index contributed by atoms with van der Waals surface area (Å²) in [5.41, 5.74) is 6.72. The number of carbonyl (C=O) groups is 1. The van der Waals surface area contributed by atoms with E-state index in [9.17, 15) is 4.79 Å². The Kier molecular flexibility index (Phi) is 29.2. The number of carbonyl (C=O) groups excluding carboxylic acids is 1. The fraction of sp³-hybridized carbons (Fsp3) is 0.588. The van der Waals surface area contributed by atoms with Crippen molar-refractivity contribution in [3.63, 3.8) is 0 Å². The van der Waals surface area contributed by atoms with Gasteiger partial charge in [-0.1, -0.05) is 137 Å². The predicted octanol–water partition coefficient (Wildman–Crippen LogP) is 11.7. The van der Waals surface area contributed by atoms with Crippen LogP contribution in [0.2, 0.25) is 0 Å². The van der Waals surface area contributed by atoms with Gasteiger partial charge in [-0.2, -0.15) is 0 Å². The van der Waals surface area contributed by atoms with Crippen molar-refractivity contribution in [2.45, 2.75) is 130 Å². The monoisotopic (exact) mass is 531 g/mol. The molecular weight excluding hydrogens is 470 g/mol. The van der Waals surface area contributed by atoms with E-state index in [2.05, 4.69) is 91.0 Å². The van der Waals surface area contributed by atoms with Crippen LogP contribution in [0.15, 0.2) is 42.5 Å². The second-order valence-electron chi connectivity index (χ2n) is 9.58. The van der Waals surface area contributed by atoms with Gasteiger partial charge in [0.1, 0.15) is 5.78 Å². The molecule has 214 valence electrons.